The summed E-state index contributed by atoms with van der Waals surface area (Å²) in [7, 11) is 0. The molecule has 1 aliphatic rings. The zero-order chi connectivity index (χ0) is 24.2. The maximum atomic E-state index is 13.8. The van der Waals surface area contributed by atoms with Crippen molar-refractivity contribution in [3.63, 3.8) is 0 Å². The summed E-state index contributed by atoms with van der Waals surface area (Å²) in [6.45, 7) is 5.00. The van der Waals surface area contributed by atoms with Crippen LogP contribution < -0.4 is 0 Å². The number of likely N-dealkylation sites (tertiary alicyclic amines) is 1. The van der Waals surface area contributed by atoms with E-state index in [0.717, 1.165) is 55.8 Å². The summed E-state index contributed by atoms with van der Waals surface area (Å²) in [5, 5.41) is 4.10. The average molecular weight is 476 g/mol. The fourth-order valence-electron chi connectivity index (χ4n) is 4.54. The summed E-state index contributed by atoms with van der Waals surface area (Å²) >= 11 is 0. The van der Waals surface area contributed by atoms with Crippen molar-refractivity contribution in [2.75, 3.05) is 19.7 Å². The van der Waals surface area contributed by atoms with Gasteiger partial charge in [-0.25, -0.2) is 13.8 Å². The molecule has 3 aromatic heterocycles. The Morgan fingerprint density at radius 3 is 2.63 bits per heavy atom. The Balaban J connectivity index is 1.23. The average Bonchev–Trinajstić information content (AvgIpc) is 3.36. The van der Waals surface area contributed by atoms with Crippen LogP contribution in [0.5, 0.6) is 0 Å². The van der Waals surface area contributed by atoms with Gasteiger partial charge in [0.05, 0.1) is 5.69 Å². The second kappa shape index (κ2) is 10.3. The number of fused-ring (bicyclic) bond motifs is 1. The van der Waals surface area contributed by atoms with Crippen LogP contribution in [0.2, 0.25) is 0 Å². The number of imidazole rings is 1. The molecule has 0 N–H and O–H groups in total. The van der Waals surface area contributed by atoms with Crippen molar-refractivity contribution in [2.45, 2.75) is 32.2 Å². The van der Waals surface area contributed by atoms with Crippen molar-refractivity contribution in [3.8, 4) is 0 Å². The van der Waals surface area contributed by atoms with Gasteiger partial charge in [-0.2, -0.15) is 0 Å². The Hall–Kier alpha value is -3.65. The lowest BCUT2D eigenvalue weighted by Gasteiger charge is -2.32. The van der Waals surface area contributed by atoms with Gasteiger partial charge >= 0.3 is 0 Å². The summed E-state index contributed by atoms with van der Waals surface area (Å²) in [5.74, 6) is -1.29. The number of halogens is 2. The highest BCUT2D eigenvalue weighted by atomic mass is 19.2. The zero-order valence-corrected chi connectivity index (χ0v) is 19.6. The molecule has 0 bridgehead atoms. The first-order chi connectivity index (χ1) is 17.1. The fraction of sp³-hybridized carbons (Fsp3) is 0.296. The highest BCUT2D eigenvalue weighted by Gasteiger charge is 2.21. The number of pyridine rings is 2. The molecule has 1 aromatic carbocycles. The molecular weight excluding hydrogens is 448 g/mol. The van der Waals surface area contributed by atoms with Gasteiger partial charge in [0.25, 0.3) is 0 Å². The van der Waals surface area contributed by atoms with Gasteiger partial charge in [0.15, 0.2) is 11.6 Å². The van der Waals surface area contributed by atoms with Gasteiger partial charge in [-0.15, -0.1) is 0 Å². The van der Waals surface area contributed by atoms with Crippen molar-refractivity contribution < 1.29 is 13.6 Å². The van der Waals surface area contributed by atoms with Gasteiger partial charge in [0.2, 0.25) is 0 Å². The minimum Gasteiger partial charge on any atom is -0.396 e. The molecule has 0 unspecified atom stereocenters. The Morgan fingerprint density at radius 1 is 1.03 bits per heavy atom. The van der Waals surface area contributed by atoms with E-state index in [1.54, 1.807) is 0 Å². The number of piperidine rings is 1. The first-order valence-corrected chi connectivity index (χ1v) is 11.9. The van der Waals surface area contributed by atoms with Gasteiger partial charge in [-0.3, -0.25) is 9.88 Å². The van der Waals surface area contributed by atoms with E-state index in [2.05, 4.69) is 38.4 Å². The summed E-state index contributed by atoms with van der Waals surface area (Å²) in [4.78, 5) is 16.6. The largest absolute Gasteiger partial charge is 0.396 e. The molecule has 5 rings (SSSR count). The Kier molecular flexibility index (Phi) is 6.81. The Morgan fingerprint density at radius 2 is 1.89 bits per heavy atom. The number of nitrogens with zero attached hydrogens (tertiary/aromatic N) is 5. The third kappa shape index (κ3) is 5.22. The smallest absolute Gasteiger partial charge is 0.159 e. The van der Waals surface area contributed by atoms with E-state index in [1.807, 2.05) is 42.0 Å². The van der Waals surface area contributed by atoms with Crippen LogP contribution in [0.1, 0.15) is 48.1 Å². The van der Waals surface area contributed by atoms with Crippen LogP contribution in [0, 0.1) is 11.6 Å². The summed E-state index contributed by atoms with van der Waals surface area (Å²) in [5.41, 5.74) is 4.76. The van der Waals surface area contributed by atoms with Crippen LogP contribution in [0.25, 0.3) is 5.65 Å². The lowest BCUT2D eigenvalue weighted by Crippen LogP contribution is -2.32. The molecule has 0 amide bonds. The minimum absolute atomic E-state index is 0.358. The summed E-state index contributed by atoms with van der Waals surface area (Å²) in [6, 6.07) is 11.9. The van der Waals surface area contributed by atoms with Gasteiger partial charge < -0.3 is 9.24 Å². The van der Waals surface area contributed by atoms with Crippen molar-refractivity contribution >= 4 is 11.4 Å². The Bertz CT molecular complexity index is 1330. The van der Waals surface area contributed by atoms with Crippen molar-refractivity contribution in [1.29, 1.82) is 0 Å². The van der Waals surface area contributed by atoms with E-state index >= 15 is 0 Å². The van der Waals surface area contributed by atoms with Crippen LogP contribution in [-0.2, 0) is 11.4 Å². The van der Waals surface area contributed by atoms with E-state index < -0.39 is 11.6 Å². The molecule has 1 fully saturated rings. The predicted molar refractivity (Wildman–Crippen MR) is 130 cm³/mol. The van der Waals surface area contributed by atoms with Crippen LogP contribution >= 0.6 is 0 Å². The molecule has 4 heterocycles. The number of benzene rings is 1. The molecule has 0 aliphatic carbocycles. The molecular formula is C27H27F2N5O. The highest BCUT2D eigenvalue weighted by molar-refractivity contribution is 6.11. The van der Waals surface area contributed by atoms with Crippen LogP contribution in [0.15, 0.2) is 72.4 Å². The van der Waals surface area contributed by atoms with Crippen LogP contribution in [-0.4, -0.2) is 44.7 Å². The molecule has 8 heteroatoms. The third-order valence-corrected chi connectivity index (χ3v) is 6.43. The second-order valence-corrected chi connectivity index (χ2v) is 8.74. The van der Waals surface area contributed by atoms with Crippen molar-refractivity contribution in [3.05, 3.63) is 101 Å². The molecule has 180 valence electrons. The quantitative estimate of drug-likeness (QED) is 0.273. The van der Waals surface area contributed by atoms with Crippen molar-refractivity contribution in [1.82, 2.24) is 19.3 Å². The maximum absolute atomic E-state index is 13.8. The fourth-order valence-corrected chi connectivity index (χ4v) is 4.54. The van der Waals surface area contributed by atoms with Gasteiger partial charge in [0.1, 0.15) is 18.0 Å². The van der Waals surface area contributed by atoms with E-state index in [1.165, 1.54) is 11.6 Å². The number of rotatable bonds is 7. The predicted octanol–water partition coefficient (Wildman–Crippen LogP) is 5.18. The van der Waals surface area contributed by atoms with Gasteiger partial charge in [-0.05, 0) is 86.3 Å². The molecule has 0 atom stereocenters. The number of hydrogen-bond donors (Lipinski definition) is 0. The molecule has 1 aliphatic heterocycles. The standard InChI is InChI=1S/C27H27F2N5O/c1-2-35-32-27(22-4-5-23(28)24(29)15-22)25-6-3-19(17-31-25)18-33-11-7-20(8-12-33)21-9-13-34-14-10-30-26(34)16-21/h3-6,9-10,13-17,20H,2,7-8,11-12,18H2,1H3/b32-27+. The summed E-state index contributed by atoms with van der Waals surface area (Å²) < 4.78 is 29.2. The second-order valence-electron chi connectivity index (χ2n) is 8.74. The number of oxime groups is 1. The topological polar surface area (TPSA) is 55.0 Å². The molecule has 0 saturated carbocycles. The Labute approximate surface area is 202 Å². The third-order valence-electron chi connectivity index (χ3n) is 6.43. The molecule has 4 aromatic rings. The van der Waals surface area contributed by atoms with Gasteiger partial charge in [0, 0.05) is 36.9 Å². The molecule has 6 nitrogen and oxygen atoms in total. The lowest BCUT2D eigenvalue weighted by molar-refractivity contribution is 0.159. The molecule has 1 saturated heterocycles. The first-order valence-electron chi connectivity index (χ1n) is 11.9. The first kappa shape index (κ1) is 23.1. The zero-order valence-electron chi connectivity index (χ0n) is 19.6. The monoisotopic (exact) mass is 475 g/mol. The van der Waals surface area contributed by atoms with Crippen molar-refractivity contribution in [2.24, 2.45) is 5.16 Å². The lowest BCUT2D eigenvalue weighted by atomic mass is 9.90. The van der Waals surface area contributed by atoms with E-state index in [-0.39, 0.29) is 0 Å². The molecule has 0 spiro atoms. The van der Waals surface area contributed by atoms with E-state index in [9.17, 15) is 8.78 Å². The van der Waals surface area contributed by atoms with Gasteiger partial charge in [-0.1, -0.05) is 11.2 Å². The van der Waals surface area contributed by atoms with Crippen LogP contribution in [0.4, 0.5) is 8.78 Å². The number of hydrogen-bond acceptors (Lipinski definition) is 5. The molecule has 0 radical (unpaired) electrons. The summed E-state index contributed by atoms with van der Waals surface area (Å²) in [6.07, 6.45) is 9.89. The minimum atomic E-state index is -0.934. The van der Waals surface area contributed by atoms with E-state index in [0.29, 0.717) is 29.5 Å². The molecule has 35 heavy (non-hydrogen) atoms. The SMILES string of the molecule is CCO/N=C(\c1ccc(F)c(F)c1)c1ccc(CN2CCC(c3ccn4ccnc4c3)CC2)cn1. The van der Waals surface area contributed by atoms with Crippen LogP contribution in [0.3, 0.4) is 0 Å². The normalized spacial score (nSPS) is 15.6. The van der Waals surface area contributed by atoms with E-state index in [4.69, 9.17) is 4.84 Å². The maximum Gasteiger partial charge on any atom is 0.159 e. The highest BCUT2D eigenvalue weighted by Crippen LogP contribution is 2.29. The number of aromatic nitrogens is 3.